The van der Waals surface area contributed by atoms with Gasteiger partial charge in [0.25, 0.3) is 0 Å². The normalized spacial score (nSPS) is 14.2. The Bertz CT molecular complexity index is 1290. The van der Waals surface area contributed by atoms with Crippen LogP contribution < -0.4 is 5.32 Å². The zero-order valence-corrected chi connectivity index (χ0v) is 48.6. The molecule has 0 aliphatic carbocycles. The van der Waals surface area contributed by atoms with Crippen molar-refractivity contribution in [1.29, 1.82) is 0 Å². The summed E-state index contributed by atoms with van der Waals surface area (Å²) in [6.07, 6.45) is 70.3. The number of carbonyl (C=O) groups excluding carboxylic acids is 1. The molecular formula is C62H120N2O6P+. The minimum atomic E-state index is -4.32. The van der Waals surface area contributed by atoms with Crippen LogP contribution in [0.1, 0.15) is 290 Å². The molecule has 0 rings (SSSR count). The van der Waals surface area contributed by atoms with Gasteiger partial charge in [-0.2, -0.15) is 0 Å². The van der Waals surface area contributed by atoms with Gasteiger partial charge in [0.2, 0.25) is 5.91 Å². The molecule has 0 aromatic carbocycles. The van der Waals surface area contributed by atoms with Crippen LogP contribution in [0.4, 0.5) is 0 Å². The first kappa shape index (κ1) is 69.5. The average molecular weight is 1020 g/mol. The van der Waals surface area contributed by atoms with Gasteiger partial charge in [-0.05, 0) is 51.4 Å². The lowest BCUT2D eigenvalue weighted by molar-refractivity contribution is -0.870. The summed E-state index contributed by atoms with van der Waals surface area (Å²) in [5.41, 5.74) is 0. The molecule has 0 aromatic heterocycles. The number of rotatable bonds is 56. The quantitative estimate of drug-likeness (QED) is 0.0243. The number of hydrogen-bond acceptors (Lipinski definition) is 5. The summed E-state index contributed by atoms with van der Waals surface area (Å²) in [4.78, 5) is 23.4. The molecule has 1 amide bonds. The van der Waals surface area contributed by atoms with Gasteiger partial charge in [-0.1, -0.05) is 281 Å². The summed E-state index contributed by atoms with van der Waals surface area (Å²) in [5, 5.41) is 14.1. The van der Waals surface area contributed by atoms with E-state index in [1.807, 2.05) is 21.1 Å². The Morgan fingerprint density at radius 2 is 0.845 bits per heavy atom. The Labute approximate surface area is 441 Å². The maximum absolute atomic E-state index is 13.0. The molecule has 418 valence electrons. The van der Waals surface area contributed by atoms with E-state index in [9.17, 15) is 19.4 Å². The van der Waals surface area contributed by atoms with Gasteiger partial charge in [0.1, 0.15) is 13.2 Å². The first-order chi connectivity index (χ1) is 34.5. The fourth-order valence-electron chi connectivity index (χ4n) is 9.10. The van der Waals surface area contributed by atoms with Crippen molar-refractivity contribution in [3.05, 3.63) is 48.6 Å². The van der Waals surface area contributed by atoms with Crippen LogP contribution in [0.15, 0.2) is 48.6 Å². The van der Waals surface area contributed by atoms with Crippen LogP contribution in [-0.4, -0.2) is 73.4 Å². The van der Waals surface area contributed by atoms with Gasteiger partial charge in [-0.15, -0.1) is 0 Å². The highest BCUT2D eigenvalue weighted by atomic mass is 31.2. The molecule has 71 heavy (non-hydrogen) atoms. The number of hydrogen-bond donors (Lipinski definition) is 3. The number of phosphoric acid groups is 1. The number of nitrogens with zero attached hydrogens (tertiary/aromatic N) is 1. The second-order valence-electron chi connectivity index (χ2n) is 22.1. The molecule has 0 heterocycles. The lowest BCUT2D eigenvalue weighted by Crippen LogP contribution is -2.46. The number of aliphatic hydroxyl groups excluding tert-OH is 1. The number of nitrogens with one attached hydrogen (secondary N) is 1. The van der Waals surface area contributed by atoms with Gasteiger partial charge < -0.3 is 19.8 Å². The number of aliphatic hydroxyl groups is 1. The minimum Gasteiger partial charge on any atom is -0.391 e. The van der Waals surface area contributed by atoms with Gasteiger partial charge in [0.05, 0.1) is 39.9 Å². The lowest BCUT2D eigenvalue weighted by atomic mass is 10.0. The van der Waals surface area contributed by atoms with Crippen molar-refractivity contribution in [2.45, 2.75) is 302 Å². The molecule has 0 bridgehead atoms. The van der Waals surface area contributed by atoms with Crippen molar-refractivity contribution < 1.29 is 32.9 Å². The SMILES string of the molecule is CC/C=C\C/C=C\C/C=C\C/C=C\CCCCCCCCCCCCCCCCCCCCC(=O)NC(COP(=O)(O)OCC[N+](C)(C)C)C(O)CCCCCCCCCCCCCCCCCCCC. The smallest absolute Gasteiger partial charge is 0.391 e. The topological polar surface area (TPSA) is 105 Å². The Hall–Kier alpha value is -1.54. The van der Waals surface area contributed by atoms with E-state index in [1.54, 1.807) is 0 Å². The van der Waals surface area contributed by atoms with Crippen LogP contribution in [0, 0.1) is 0 Å². The summed E-state index contributed by atoms with van der Waals surface area (Å²) in [5.74, 6) is -0.140. The molecular weight excluding hydrogens is 900 g/mol. The molecule has 0 aliphatic heterocycles. The highest BCUT2D eigenvalue weighted by Crippen LogP contribution is 2.43. The first-order valence-electron chi connectivity index (χ1n) is 30.5. The van der Waals surface area contributed by atoms with Crippen LogP contribution in [0.5, 0.6) is 0 Å². The van der Waals surface area contributed by atoms with E-state index < -0.39 is 20.0 Å². The molecule has 0 aromatic rings. The van der Waals surface area contributed by atoms with E-state index in [2.05, 4.69) is 67.8 Å². The molecule has 0 saturated carbocycles. The number of likely N-dealkylation sites (N-methyl/N-ethyl adjacent to an activating group) is 1. The van der Waals surface area contributed by atoms with Gasteiger partial charge >= 0.3 is 7.82 Å². The molecule has 3 atom stereocenters. The molecule has 0 radical (unpaired) electrons. The van der Waals surface area contributed by atoms with E-state index in [0.29, 0.717) is 23.9 Å². The number of phosphoric ester groups is 1. The predicted molar refractivity (Wildman–Crippen MR) is 309 cm³/mol. The maximum Gasteiger partial charge on any atom is 0.472 e. The number of quaternary nitrogens is 1. The monoisotopic (exact) mass is 1020 g/mol. The van der Waals surface area contributed by atoms with Crippen molar-refractivity contribution in [3.63, 3.8) is 0 Å². The van der Waals surface area contributed by atoms with E-state index in [1.165, 1.54) is 199 Å². The molecule has 3 unspecified atom stereocenters. The maximum atomic E-state index is 13.0. The number of unbranched alkanes of at least 4 members (excludes halogenated alkanes) is 35. The Balaban J connectivity index is 4.05. The number of carbonyl (C=O) groups is 1. The highest BCUT2D eigenvalue weighted by molar-refractivity contribution is 7.47. The number of amides is 1. The molecule has 8 nitrogen and oxygen atoms in total. The summed E-state index contributed by atoms with van der Waals surface area (Å²) < 4.78 is 23.8. The van der Waals surface area contributed by atoms with Crippen LogP contribution in [0.2, 0.25) is 0 Å². The van der Waals surface area contributed by atoms with Crippen LogP contribution in [0.25, 0.3) is 0 Å². The fraction of sp³-hybridized carbons (Fsp3) is 0.855. The molecule has 0 fully saturated rings. The van der Waals surface area contributed by atoms with Crippen molar-refractivity contribution in [2.75, 3.05) is 40.9 Å². The van der Waals surface area contributed by atoms with Crippen LogP contribution >= 0.6 is 7.82 Å². The van der Waals surface area contributed by atoms with Gasteiger partial charge in [0.15, 0.2) is 0 Å². The third-order valence-electron chi connectivity index (χ3n) is 13.8. The Morgan fingerprint density at radius 1 is 0.493 bits per heavy atom. The molecule has 9 heteroatoms. The van der Waals surface area contributed by atoms with E-state index >= 15 is 0 Å². The Morgan fingerprint density at radius 3 is 1.24 bits per heavy atom. The predicted octanol–water partition coefficient (Wildman–Crippen LogP) is 18.7. The summed E-state index contributed by atoms with van der Waals surface area (Å²) >= 11 is 0. The van der Waals surface area contributed by atoms with Crippen molar-refractivity contribution in [3.8, 4) is 0 Å². The van der Waals surface area contributed by atoms with Crippen LogP contribution in [0.3, 0.4) is 0 Å². The molecule has 0 aliphatic rings. The second-order valence-corrected chi connectivity index (χ2v) is 23.5. The van der Waals surface area contributed by atoms with Crippen molar-refractivity contribution in [2.24, 2.45) is 0 Å². The van der Waals surface area contributed by atoms with E-state index in [0.717, 1.165) is 64.2 Å². The van der Waals surface area contributed by atoms with Crippen molar-refractivity contribution >= 4 is 13.7 Å². The standard InChI is InChI=1S/C62H119N2O6P/c1-6-8-10-12-14-16-18-20-22-24-26-27-28-29-30-31-32-33-34-35-36-37-38-40-42-44-46-48-50-52-54-56-62(66)63-60(59-70-71(67,68)69-58-57-64(3,4)5)61(65)55-53-51-49-47-45-43-41-39-25-23-21-19-17-15-13-11-9-7-2/h8,10,14,16,20,22,26-27,60-61,65H,6-7,9,11-13,15,17-19,21,23-25,28-59H2,1-5H3,(H-,63,66,67,68)/p+1/b10-8-,16-14-,22-20-,27-26-. The molecule has 0 saturated heterocycles. The molecule has 0 spiro atoms. The van der Waals surface area contributed by atoms with E-state index in [-0.39, 0.29) is 19.1 Å². The zero-order chi connectivity index (χ0) is 52.0. The molecule has 3 N–H and O–H groups in total. The average Bonchev–Trinajstić information content (AvgIpc) is 3.33. The van der Waals surface area contributed by atoms with Crippen LogP contribution in [-0.2, 0) is 18.4 Å². The lowest BCUT2D eigenvalue weighted by Gasteiger charge is -2.26. The third-order valence-corrected chi connectivity index (χ3v) is 14.8. The fourth-order valence-corrected chi connectivity index (χ4v) is 9.84. The summed E-state index contributed by atoms with van der Waals surface area (Å²) in [7, 11) is 1.63. The Kier molecular flexibility index (Phi) is 52.1. The largest absolute Gasteiger partial charge is 0.472 e. The number of allylic oxidation sites excluding steroid dienone is 8. The van der Waals surface area contributed by atoms with Gasteiger partial charge in [-0.25, -0.2) is 4.57 Å². The van der Waals surface area contributed by atoms with Gasteiger partial charge in [-0.3, -0.25) is 13.8 Å². The second kappa shape index (κ2) is 53.3. The minimum absolute atomic E-state index is 0.0757. The summed E-state index contributed by atoms with van der Waals surface area (Å²) in [6, 6.07) is -0.760. The highest BCUT2D eigenvalue weighted by Gasteiger charge is 2.28. The van der Waals surface area contributed by atoms with E-state index in [4.69, 9.17) is 9.05 Å². The zero-order valence-electron chi connectivity index (χ0n) is 47.7. The van der Waals surface area contributed by atoms with Gasteiger partial charge in [0, 0.05) is 6.42 Å². The van der Waals surface area contributed by atoms with Crippen molar-refractivity contribution in [1.82, 2.24) is 5.32 Å². The first-order valence-corrected chi connectivity index (χ1v) is 32.0. The third kappa shape index (κ3) is 56.0. The summed E-state index contributed by atoms with van der Waals surface area (Å²) in [6.45, 7) is 4.81.